The molecule has 2 aromatic carbocycles. The van der Waals surface area contributed by atoms with Gasteiger partial charge in [0.25, 0.3) is 0 Å². The summed E-state index contributed by atoms with van der Waals surface area (Å²) in [5.41, 5.74) is 0.287. The first-order chi connectivity index (χ1) is 12.6. The molecule has 2 aromatic rings. The Balaban J connectivity index is 1.37. The van der Waals surface area contributed by atoms with Gasteiger partial charge < -0.3 is 19.5 Å². The number of amides is 1. The number of piperidine rings is 1. The Morgan fingerprint density at radius 2 is 1.77 bits per heavy atom. The number of carbonyl (C=O) groups is 1. The van der Waals surface area contributed by atoms with E-state index in [0.717, 1.165) is 42.6 Å². The molecule has 1 spiro atoms. The summed E-state index contributed by atoms with van der Waals surface area (Å²) in [7, 11) is 0. The number of nitrogens with zero attached hydrogens (tertiary/aromatic N) is 1. The van der Waals surface area contributed by atoms with E-state index in [0.29, 0.717) is 19.7 Å². The number of likely N-dealkylation sites (tertiary alicyclic amines) is 1. The maximum atomic E-state index is 11.0. The van der Waals surface area contributed by atoms with Crippen LogP contribution in [0.25, 0.3) is 10.8 Å². The number of benzene rings is 2. The second-order valence-corrected chi connectivity index (χ2v) is 7.52. The lowest BCUT2D eigenvalue weighted by molar-refractivity contribution is -0.0514. The Hall–Kier alpha value is -2.43. The van der Waals surface area contributed by atoms with Gasteiger partial charge in [0.15, 0.2) is 0 Å². The molecule has 1 amide bonds. The van der Waals surface area contributed by atoms with Gasteiger partial charge in [-0.15, -0.1) is 0 Å². The van der Waals surface area contributed by atoms with E-state index in [1.165, 1.54) is 10.3 Å². The summed E-state index contributed by atoms with van der Waals surface area (Å²) >= 11 is 0. The second-order valence-electron chi connectivity index (χ2n) is 7.52. The van der Waals surface area contributed by atoms with Crippen LogP contribution in [0.1, 0.15) is 32.6 Å². The molecular formula is C21H25NO4. The Morgan fingerprint density at radius 1 is 1.12 bits per heavy atom. The van der Waals surface area contributed by atoms with Gasteiger partial charge in [-0.05, 0) is 73.1 Å². The van der Waals surface area contributed by atoms with Crippen LogP contribution in [0, 0.1) is 5.41 Å². The standard InChI is InChI=1S/C21H25NO4/c1-2-25-17-5-3-15-4-6-18(12-16(15)11-17)26-19-13-21(14-19)7-9-22(10-8-21)20(23)24/h3-6,11-12,19H,2,7-10,13-14H2,1H3,(H,23,24). The molecule has 1 heterocycles. The summed E-state index contributed by atoms with van der Waals surface area (Å²) in [5, 5.41) is 11.4. The summed E-state index contributed by atoms with van der Waals surface area (Å²) in [6, 6.07) is 12.3. The van der Waals surface area contributed by atoms with Gasteiger partial charge in [-0.3, -0.25) is 0 Å². The van der Waals surface area contributed by atoms with Gasteiger partial charge in [-0.2, -0.15) is 0 Å². The highest BCUT2D eigenvalue weighted by atomic mass is 16.5. The molecule has 0 atom stereocenters. The quantitative estimate of drug-likeness (QED) is 0.875. The smallest absolute Gasteiger partial charge is 0.407 e. The monoisotopic (exact) mass is 355 g/mol. The maximum absolute atomic E-state index is 11.0. The fourth-order valence-electron chi connectivity index (χ4n) is 4.30. The Bertz CT molecular complexity index is 803. The highest BCUT2D eigenvalue weighted by molar-refractivity contribution is 5.85. The summed E-state index contributed by atoms with van der Waals surface area (Å²) in [6.45, 7) is 3.94. The van der Waals surface area contributed by atoms with Crippen molar-refractivity contribution in [2.75, 3.05) is 19.7 Å². The summed E-state index contributed by atoms with van der Waals surface area (Å²) < 4.78 is 11.8. The van der Waals surface area contributed by atoms with E-state index >= 15 is 0 Å². The lowest BCUT2D eigenvalue weighted by Gasteiger charge is -2.51. The molecule has 138 valence electrons. The first-order valence-corrected chi connectivity index (χ1v) is 9.38. The first kappa shape index (κ1) is 17.0. The molecule has 0 radical (unpaired) electrons. The van der Waals surface area contributed by atoms with Gasteiger partial charge >= 0.3 is 6.09 Å². The summed E-state index contributed by atoms with van der Waals surface area (Å²) in [5.74, 6) is 1.78. The molecule has 1 saturated carbocycles. The minimum Gasteiger partial charge on any atom is -0.494 e. The van der Waals surface area contributed by atoms with E-state index in [2.05, 4.69) is 24.3 Å². The van der Waals surface area contributed by atoms with Crippen LogP contribution in [-0.4, -0.2) is 41.9 Å². The molecule has 0 bridgehead atoms. The Labute approximate surface area is 153 Å². The Kier molecular flexibility index (Phi) is 4.39. The third-order valence-corrected chi connectivity index (χ3v) is 5.81. The zero-order valence-corrected chi connectivity index (χ0v) is 15.1. The van der Waals surface area contributed by atoms with Gasteiger partial charge in [0.2, 0.25) is 0 Å². The third kappa shape index (κ3) is 3.30. The minimum absolute atomic E-state index is 0.235. The molecule has 26 heavy (non-hydrogen) atoms. The minimum atomic E-state index is -0.797. The van der Waals surface area contributed by atoms with E-state index in [1.54, 1.807) is 0 Å². The number of fused-ring (bicyclic) bond motifs is 1. The van der Waals surface area contributed by atoms with Crippen LogP contribution in [0.5, 0.6) is 11.5 Å². The average molecular weight is 355 g/mol. The van der Waals surface area contributed by atoms with Crippen molar-refractivity contribution in [1.29, 1.82) is 0 Å². The summed E-state index contributed by atoms with van der Waals surface area (Å²) in [4.78, 5) is 12.6. The second kappa shape index (κ2) is 6.71. The maximum Gasteiger partial charge on any atom is 0.407 e. The van der Waals surface area contributed by atoms with Crippen molar-refractivity contribution in [2.45, 2.75) is 38.7 Å². The summed E-state index contributed by atoms with van der Waals surface area (Å²) in [6.07, 6.45) is 3.39. The van der Waals surface area contributed by atoms with Gasteiger partial charge in [0.05, 0.1) is 12.7 Å². The average Bonchev–Trinajstić information content (AvgIpc) is 2.61. The molecule has 1 N–H and O–H groups in total. The van der Waals surface area contributed by atoms with Gasteiger partial charge in [0.1, 0.15) is 11.5 Å². The van der Waals surface area contributed by atoms with Crippen LogP contribution in [0.15, 0.2) is 36.4 Å². The van der Waals surface area contributed by atoms with Crippen molar-refractivity contribution < 1.29 is 19.4 Å². The molecule has 2 aliphatic rings. The number of hydrogen-bond acceptors (Lipinski definition) is 3. The molecule has 0 aromatic heterocycles. The van der Waals surface area contributed by atoms with Gasteiger partial charge in [-0.1, -0.05) is 12.1 Å². The Morgan fingerprint density at radius 3 is 2.42 bits per heavy atom. The van der Waals surface area contributed by atoms with Crippen molar-refractivity contribution in [2.24, 2.45) is 5.41 Å². The van der Waals surface area contributed by atoms with Crippen molar-refractivity contribution in [3.05, 3.63) is 36.4 Å². The molecular weight excluding hydrogens is 330 g/mol. The normalized spacial score (nSPS) is 19.3. The zero-order valence-electron chi connectivity index (χ0n) is 15.1. The number of rotatable bonds is 4. The van der Waals surface area contributed by atoms with Crippen molar-refractivity contribution in [3.8, 4) is 11.5 Å². The van der Waals surface area contributed by atoms with Crippen molar-refractivity contribution in [3.63, 3.8) is 0 Å². The molecule has 0 unspecified atom stereocenters. The number of ether oxygens (including phenoxy) is 2. The van der Waals surface area contributed by atoms with Crippen LogP contribution in [0.3, 0.4) is 0 Å². The van der Waals surface area contributed by atoms with Crippen LogP contribution < -0.4 is 9.47 Å². The molecule has 1 aliphatic heterocycles. The van der Waals surface area contributed by atoms with Gasteiger partial charge in [0, 0.05) is 13.1 Å². The fraction of sp³-hybridized carbons (Fsp3) is 0.476. The predicted octanol–water partition coefficient (Wildman–Crippen LogP) is 4.54. The topological polar surface area (TPSA) is 59.0 Å². The molecule has 4 rings (SSSR count). The molecule has 5 nitrogen and oxygen atoms in total. The third-order valence-electron chi connectivity index (χ3n) is 5.81. The lowest BCUT2D eigenvalue weighted by Crippen LogP contribution is -2.51. The van der Waals surface area contributed by atoms with E-state index in [-0.39, 0.29) is 11.5 Å². The molecule has 1 aliphatic carbocycles. The molecule has 2 fully saturated rings. The molecule has 1 saturated heterocycles. The van der Waals surface area contributed by atoms with Gasteiger partial charge in [-0.25, -0.2) is 4.79 Å². The van der Waals surface area contributed by atoms with Crippen LogP contribution in [0.2, 0.25) is 0 Å². The molecule has 5 heteroatoms. The first-order valence-electron chi connectivity index (χ1n) is 9.38. The predicted molar refractivity (Wildman–Crippen MR) is 100 cm³/mol. The van der Waals surface area contributed by atoms with E-state index in [9.17, 15) is 4.79 Å². The largest absolute Gasteiger partial charge is 0.494 e. The van der Waals surface area contributed by atoms with E-state index in [4.69, 9.17) is 14.6 Å². The van der Waals surface area contributed by atoms with Crippen LogP contribution in [-0.2, 0) is 0 Å². The zero-order chi connectivity index (χ0) is 18.1. The van der Waals surface area contributed by atoms with Crippen molar-refractivity contribution in [1.82, 2.24) is 4.90 Å². The van der Waals surface area contributed by atoms with Crippen molar-refractivity contribution >= 4 is 16.9 Å². The number of hydrogen-bond donors (Lipinski definition) is 1. The highest BCUT2D eigenvalue weighted by Crippen LogP contribution is 2.50. The van der Waals surface area contributed by atoms with Crippen LogP contribution >= 0.6 is 0 Å². The number of carboxylic acid groups (broad SMARTS) is 1. The van der Waals surface area contributed by atoms with Crippen LogP contribution in [0.4, 0.5) is 4.79 Å². The highest BCUT2D eigenvalue weighted by Gasteiger charge is 2.47. The van der Waals surface area contributed by atoms with E-state index < -0.39 is 6.09 Å². The fourth-order valence-corrected chi connectivity index (χ4v) is 4.30. The van der Waals surface area contributed by atoms with E-state index in [1.807, 2.05) is 19.1 Å². The SMILES string of the molecule is CCOc1ccc2ccc(OC3CC4(CCN(C(=O)O)CC4)C3)cc2c1. The lowest BCUT2D eigenvalue weighted by atomic mass is 9.61.